The van der Waals surface area contributed by atoms with Crippen molar-refractivity contribution in [2.45, 2.75) is 37.9 Å². The van der Waals surface area contributed by atoms with Crippen molar-refractivity contribution in [2.75, 3.05) is 7.11 Å². The van der Waals surface area contributed by atoms with E-state index in [1.807, 2.05) is 18.2 Å². The number of ether oxygens (including phenoxy) is 1. The zero-order valence-electron chi connectivity index (χ0n) is 10.3. The van der Waals surface area contributed by atoms with Gasteiger partial charge in [-0.3, -0.25) is 0 Å². The van der Waals surface area contributed by atoms with Crippen LogP contribution < -0.4 is 0 Å². The second-order valence-corrected chi connectivity index (χ2v) is 4.58. The molecule has 0 saturated carbocycles. The minimum absolute atomic E-state index is 0.222. The van der Waals surface area contributed by atoms with Gasteiger partial charge in [-0.15, -0.1) is 0 Å². The molecule has 2 aliphatic carbocycles. The van der Waals surface area contributed by atoms with Gasteiger partial charge < -0.3 is 9.84 Å². The highest BCUT2D eigenvalue weighted by atomic mass is 16.5. The fraction of sp³-hybridized carbons (Fsp3) is 0.467. The molecule has 2 aliphatic rings. The molecule has 0 aromatic rings. The molecule has 0 radical (unpaired) electrons. The number of methoxy groups -OCH3 is 1. The van der Waals surface area contributed by atoms with Crippen LogP contribution in [0.2, 0.25) is 0 Å². The van der Waals surface area contributed by atoms with Crippen LogP contribution in [-0.4, -0.2) is 24.4 Å². The van der Waals surface area contributed by atoms with E-state index in [0.29, 0.717) is 0 Å². The van der Waals surface area contributed by atoms with Crippen LogP contribution in [0.25, 0.3) is 0 Å². The number of aliphatic hydroxyl groups is 1. The van der Waals surface area contributed by atoms with Gasteiger partial charge in [-0.2, -0.15) is 0 Å². The number of allylic oxidation sites excluding steroid dienone is 4. The maximum atomic E-state index is 9.81. The van der Waals surface area contributed by atoms with Crippen LogP contribution in [0.15, 0.2) is 47.6 Å². The van der Waals surface area contributed by atoms with Crippen molar-refractivity contribution in [1.82, 2.24) is 0 Å². The maximum Gasteiger partial charge on any atom is 0.0792 e. The fourth-order valence-corrected chi connectivity index (χ4v) is 2.25. The topological polar surface area (TPSA) is 29.5 Å². The summed E-state index contributed by atoms with van der Waals surface area (Å²) in [4.78, 5) is 0. The summed E-state index contributed by atoms with van der Waals surface area (Å²) in [5.74, 6) is 0. The lowest BCUT2D eigenvalue weighted by Crippen LogP contribution is -2.12. The number of rotatable bonds is 4. The minimum atomic E-state index is -0.286. The highest BCUT2D eigenvalue weighted by Gasteiger charge is 2.13. The van der Waals surface area contributed by atoms with E-state index in [2.05, 4.69) is 18.2 Å². The van der Waals surface area contributed by atoms with Crippen LogP contribution in [-0.2, 0) is 4.74 Å². The van der Waals surface area contributed by atoms with Crippen LogP contribution in [0.5, 0.6) is 0 Å². The van der Waals surface area contributed by atoms with E-state index >= 15 is 0 Å². The summed E-state index contributed by atoms with van der Waals surface area (Å²) in [7, 11) is 1.75. The van der Waals surface area contributed by atoms with Crippen LogP contribution >= 0.6 is 0 Å². The first-order valence-corrected chi connectivity index (χ1v) is 6.23. The Kier molecular flexibility index (Phi) is 4.35. The first-order chi connectivity index (χ1) is 8.29. The number of aliphatic hydroxyl groups excluding tert-OH is 1. The van der Waals surface area contributed by atoms with Gasteiger partial charge in [0.1, 0.15) is 0 Å². The molecule has 92 valence electrons. The molecule has 0 aliphatic heterocycles. The summed E-state index contributed by atoms with van der Waals surface area (Å²) in [6.45, 7) is 0. The zero-order chi connectivity index (χ0) is 12.1. The summed E-state index contributed by atoms with van der Waals surface area (Å²) in [6, 6.07) is 0. The molecule has 2 heteroatoms. The smallest absolute Gasteiger partial charge is 0.0792 e. The number of hydrogen-bond donors (Lipinski definition) is 1. The van der Waals surface area contributed by atoms with Crippen LogP contribution in [0, 0.1) is 0 Å². The van der Waals surface area contributed by atoms with Gasteiger partial charge in [0.2, 0.25) is 0 Å². The average molecular weight is 232 g/mol. The van der Waals surface area contributed by atoms with Gasteiger partial charge in [-0.05, 0) is 36.8 Å². The monoisotopic (exact) mass is 232 g/mol. The van der Waals surface area contributed by atoms with Gasteiger partial charge in [0.25, 0.3) is 0 Å². The zero-order valence-corrected chi connectivity index (χ0v) is 10.3. The van der Waals surface area contributed by atoms with E-state index < -0.39 is 0 Å². The molecule has 2 nitrogen and oxygen atoms in total. The summed E-state index contributed by atoms with van der Waals surface area (Å²) in [5.41, 5.74) is 2.45. The third kappa shape index (κ3) is 3.42. The van der Waals surface area contributed by atoms with Crippen molar-refractivity contribution < 1.29 is 9.84 Å². The van der Waals surface area contributed by atoms with Crippen LogP contribution in [0.3, 0.4) is 0 Å². The molecule has 0 aromatic heterocycles. The van der Waals surface area contributed by atoms with E-state index in [9.17, 15) is 5.11 Å². The van der Waals surface area contributed by atoms with E-state index in [1.54, 1.807) is 7.11 Å². The Balaban J connectivity index is 1.89. The molecule has 0 bridgehead atoms. The van der Waals surface area contributed by atoms with E-state index in [4.69, 9.17) is 4.74 Å². The Morgan fingerprint density at radius 3 is 2.94 bits per heavy atom. The maximum absolute atomic E-state index is 9.81. The first kappa shape index (κ1) is 12.3. The van der Waals surface area contributed by atoms with Crippen LogP contribution in [0.1, 0.15) is 25.7 Å². The lowest BCUT2D eigenvalue weighted by atomic mass is 9.93. The Morgan fingerprint density at radius 1 is 1.29 bits per heavy atom. The highest BCUT2D eigenvalue weighted by Crippen LogP contribution is 2.23. The molecule has 17 heavy (non-hydrogen) atoms. The SMILES string of the molecule is COC1C=C(CCC2=CC=CCC2O)C=CC1. The molecule has 2 unspecified atom stereocenters. The third-order valence-corrected chi connectivity index (χ3v) is 3.34. The second kappa shape index (κ2) is 5.99. The molecule has 0 amide bonds. The summed E-state index contributed by atoms with van der Waals surface area (Å²) in [6.07, 6.45) is 16.2. The molecule has 2 rings (SSSR count). The Labute approximate surface area is 103 Å². The van der Waals surface area contributed by atoms with E-state index in [1.165, 1.54) is 5.57 Å². The first-order valence-electron chi connectivity index (χ1n) is 6.23. The Bertz CT molecular complexity index is 374. The Morgan fingerprint density at radius 2 is 2.18 bits per heavy atom. The van der Waals surface area contributed by atoms with Gasteiger partial charge >= 0.3 is 0 Å². The van der Waals surface area contributed by atoms with Crippen molar-refractivity contribution in [3.63, 3.8) is 0 Å². The van der Waals surface area contributed by atoms with Crippen LogP contribution in [0.4, 0.5) is 0 Å². The van der Waals surface area contributed by atoms with Crippen molar-refractivity contribution in [3.8, 4) is 0 Å². The third-order valence-electron chi connectivity index (χ3n) is 3.34. The lowest BCUT2D eigenvalue weighted by Gasteiger charge is -2.18. The summed E-state index contributed by atoms with van der Waals surface area (Å²) >= 11 is 0. The van der Waals surface area contributed by atoms with Crippen molar-refractivity contribution >= 4 is 0 Å². The molecule has 0 spiro atoms. The lowest BCUT2D eigenvalue weighted by molar-refractivity contribution is 0.142. The predicted octanol–water partition coefficient (Wildman–Crippen LogP) is 2.92. The molecule has 0 saturated heterocycles. The molecule has 0 fully saturated rings. The van der Waals surface area contributed by atoms with Gasteiger partial charge in [0.15, 0.2) is 0 Å². The molecular weight excluding hydrogens is 212 g/mol. The highest BCUT2D eigenvalue weighted by molar-refractivity contribution is 5.28. The van der Waals surface area contributed by atoms with E-state index in [0.717, 1.165) is 31.3 Å². The standard InChI is InChI=1S/C15H20O2/c1-17-14-7-4-5-12(11-14)9-10-13-6-2-3-8-15(13)16/h2-6,11,14-16H,7-10H2,1H3. The second-order valence-electron chi connectivity index (χ2n) is 4.58. The molecule has 0 aromatic carbocycles. The normalized spacial score (nSPS) is 27.9. The summed E-state index contributed by atoms with van der Waals surface area (Å²) in [5, 5.41) is 9.81. The molecule has 2 atom stereocenters. The fourth-order valence-electron chi connectivity index (χ4n) is 2.25. The quantitative estimate of drug-likeness (QED) is 0.807. The molecule has 1 N–H and O–H groups in total. The molecular formula is C15H20O2. The van der Waals surface area contributed by atoms with Crippen molar-refractivity contribution in [2.24, 2.45) is 0 Å². The van der Waals surface area contributed by atoms with Gasteiger partial charge in [0, 0.05) is 7.11 Å². The van der Waals surface area contributed by atoms with E-state index in [-0.39, 0.29) is 12.2 Å². The predicted molar refractivity (Wildman–Crippen MR) is 69.7 cm³/mol. The Hall–Kier alpha value is -1.12. The number of hydrogen-bond acceptors (Lipinski definition) is 2. The minimum Gasteiger partial charge on any atom is -0.388 e. The van der Waals surface area contributed by atoms with Gasteiger partial charge in [0.05, 0.1) is 12.2 Å². The average Bonchev–Trinajstić information content (AvgIpc) is 2.38. The van der Waals surface area contributed by atoms with Crippen molar-refractivity contribution in [3.05, 3.63) is 47.6 Å². The van der Waals surface area contributed by atoms with Gasteiger partial charge in [-0.25, -0.2) is 0 Å². The largest absolute Gasteiger partial charge is 0.388 e. The van der Waals surface area contributed by atoms with Crippen molar-refractivity contribution in [1.29, 1.82) is 0 Å². The summed E-state index contributed by atoms with van der Waals surface area (Å²) < 4.78 is 5.33. The van der Waals surface area contributed by atoms with Gasteiger partial charge in [-0.1, -0.05) is 36.5 Å². The molecule has 0 heterocycles.